The molecule has 4 nitrogen and oxygen atoms in total. The lowest BCUT2D eigenvalue weighted by molar-refractivity contribution is -0.224. The van der Waals surface area contributed by atoms with E-state index in [0.717, 1.165) is 37.7 Å². The van der Waals surface area contributed by atoms with Gasteiger partial charge in [0.15, 0.2) is 5.78 Å². The molecule has 144 valence electrons. The number of ketones is 1. The number of allylic oxidation sites excluding steroid dienone is 1. The minimum absolute atomic E-state index is 0.00930. The molecular formula is C22H32O4. The summed E-state index contributed by atoms with van der Waals surface area (Å²) in [6, 6.07) is 0. The fourth-order valence-corrected chi connectivity index (χ4v) is 7.57. The fourth-order valence-electron chi connectivity index (χ4n) is 7.57. The topological polar surface area (TPSA) is 63.6 Å². The van der Waals surface area contributed by atoms with Crippen molar-refractivity contribution in [2.24, 2.45) is 34.0 Å². The van der Waals surface area contributed by atoms with Crippen LogP contribution in [0.1, 0.15) is 66.2 Å². The van der Waals surface area contributed by atoms with Crippen LogP contribution >= 0.6 is 0 Å². The molecule has 0 aliphatic heterocycles. The van der Waals surface area contributed by atoms with Crippen molar-refractivity contribution in [2.45, 2.75) is 78.4 Å². The van der Waals surface area contributed by atoms with E-state index in [9.17, 15) is 14.7 Å². The zero-order valence-corrected chi connectivity index (χ0v) is 16.5. The van der Waals surface area contributed by atoms with E-state index in [2.05, 4.69) is 27.4 Å². The number of Topliss-reactive ketones (excluding diaryl/α,β-unsaturated/α-hetero) is 1. The third-order valence-electron chi connectivity index (χ3n) is 8.86. The monoisotopic (exact) mass is 360 g/mol. The van der Waals surface area contributed by atoms with E-state index in [1.807, 2.05) is 0 Å². The number of ether oxygens (including phenoxy) is 1. The normalized spacial score (nSPS) is 49.3. The SMILES string of the molecule is C=C1C(=O)[C@]23C[C@H]1CC[C@H]2[C@]1(C)CC[C@@H](O)C(C)(C)[C@H]1C[C@@H]3OC(C)=O. The molecular weight excluding hydrogens is 328 g/mol. The van der Waals surface area contributed by atoms with Gasteiger partial charge in [0.05, 0.1) is 11.5 Å². The Balaban J connectivity index is 1.85. The summed E-state index contributed by atoms with van der Waals surface area (Å²) in [5.74, 6) is 0.525. The number of aliphatic hydroxyl groups excluding tert-OH is 1. The van der Waals surface area contributed by atoms with Crippen LogP contribution in [0.4, 0.5) is 0 Å². The van der Waals surface area contributed by atoms with Crippen LogP contribution in [0, 0.1) is 34.0 Å². The van der Waals surface area contributed by atoms with Crippen molar-refractivity contribution in [3.8, 4) is 0 Å². The van der Waals surface area contributed by atoms with Gasteiger partial charge in [-0.3, -0.25) is 9.59 Å². The molecule has 0 saturated heterocycles. The highest BCUT2D eigenvalue weighted by molar-refractivity contribution is 6.03. The lowest BCUT2D eigenvalue weighted by Gasteiger charge is -2.65. The molecule has 4 fully saturated rings. The van der Waals surface area contributed by atoms with Gasteiger partial charge in [-0.15, -0.1) is 0 Å². The predicted octanol–water partition coefficient (Wildman–Crippen LogP) is 3.67. The number of carbonyl (C=O) groups is 2. The first-order valence-corrected chi connectivity index (χ1v) is 10.1. The van der Waals surface area contributed by atoms with Crippen molar-refractivity contribution in [2.75, 3.05) is 0 Å². The highest BCUT2D eigenvalue weighted by atomic mass is 16.5. The van der Waals surface area contributed by atoms with Crippen LogP contribution < -0.4 is 0 Å². The Labute approximate surface area is 156 Å². The molecule has 0 unspecified atom stereocenters. The van der Waals surface area contributed by atoms with Gasteiger partial charge in [0.1, 0.15) is 6.10 Å². The summed E-state index contributed by atoms with van der Waals surface area (Å²) in [4.78, 5) is 25.3. The van der Waals surface area contributed by atoms with Crippen LogP contribution in [0.2, 0.25) is 0 Å². The quantitative estimate of drug-likeness (QED) is 0.572. The molecule has 0 aromatic carbocycles. The van der Waals surface area contributed by atoms with Gasteiger partial charge in [0.2, 0.25) is 0 Å². The van der Waals surface area contributed by atoms with E-state index in [0.29, 0.717) is 6.42 Å². The van der Waals surface area contributed by atoms with E-state index in [1.54, 1.807) is 0 Å². The Kier molecular flexibility index (Phi) is 3.81. The van der Waals surface area contributed by atoms with E-state index in [4.69, 9.17) is 4.74 Å². The number of rotatable bonds is 1. The highest BCUT2D eigenvalue weighted by Crippen LogP contribution is 2.71. The number of hydrogen-bond donors (Lipinski definition) is 1. The molecule has 0 heterocycles. The standard InChI is InChI=1S/C22H32O4/c1-12-14-6-7-15-21(5)9-8-17(24)20(3,4)16(21)10-18(26-13(2)23)22(15,11-14)19(12)25/h14-18,24H,1,6-11H2,2-5H3/t14-,15+,16-,17-,18+,21+,22-/m1/s1. The summed E-state index contributed by atoms with van der Waals surface area (Å²) in [6.45, 7) is 12.2. The maximum Gasteiger partial charge on any atom is 0.302 e. The lowest BCUT2D eigenvalue weighted by atomic mass is 9.40. The summed E-state index contributed by atoms with van der Waals surface area (Å²) >= 11 is 0. The molecule has 1 N–H and O–H groups in total. The second-order valence-electron chi connectivity index (χ2n) is 10.2. The van der Waals surface area contributed by atoms with Gasteiger partial charge in [0, 0.05) is 6.92 Å². The summed E-state index contributed by atoms with van der Waals surface area (Å²) in [6.07, 6.45) is 4.44. The van der Waals surface area contributed by atoms with Crippen molar-refractivity contribution in [3.63, 3.8) is 0 Å². The van der Waals surface area contributed by atoms with Crippen LogP contribution in [0.25, 0.3) is 0 Å². The van der Waals surface area contributed by atoms with E-state index in [-0.39, 0.29) is 52.5 Å². The summed E-state index contributed by atoms with van der Waals surface area (Å²) in [5, 5.41) is 10.7. The first kappa shape index (κ1) is 18.2. The summed E-state index contributed by atoms with van der Waals surface area (Å²) in [7, 11) is 0. The molecule has 0 aromatic rings. The second-order valence-corrected chi connectivity index (χ2v) is 10.2. The number of fused-ring (bicyclic) bond motifs is 3. The molecule has 4 aliphatic rings. The molecule has 4 heteroatoms. The first-order chi connectivity index (χ1) is 12.0. The number of carbonyl (C=O) groups excluding carboxylic acids is 2. The lowest BCUT2D eigenvalue weighted by Crippen LogP contribution is -2.65. The molecule has 4 rings (SSSR count). The Morgan fingerprint density at radius 3 is 2.54 bits per heavy atom. The van der Waals surface area contributed by atoms with E-state index < -0.39 is 5.41 Å². The second kappa shape index (κ2) is 5.43. The maximum absolute atomic E-state index is 13.4. The van der Waals surface area contributed by atoms with Gasteiger partial charge in [-0.1, -0.05) is 27.4 Å². The van der Waals surface area contributed by atoms with Crippen LogP contribution in [-0.4, -0.2) is 29.1 Å². The number of aliphatic hydroxyl groups is 1. The highest BCUT2D eigenvalue weighted by Gasteiger charge is 2.71. The van der Waals surface area contributed by atoms with Gasteiger partial charge in [-0.25, -0.2) is 0 Å². The summed E-state index contributed by atoms with van der Waals surface area (Å²) < 4.78 is 5.84. The smallest absolute Gasteiger partial charge is 0.302 e. The third kappa shape index (κ3) is 2.05. The van der Waals surface area contributed by atoms with E-state index >= 15 is 0 Å². The molecule has 7 atom stereocenters. The van der Waals surface area contributed by atoms with Gasteiger partial charge in [0.25, 0.3) is 0 Å². The minimum Gasteiger partial charge on any atom is -0.461 e. The van der Waals surface area contributed by atoms with Crippen LogP contribution in [0.5, 0.6) is 0 Å². The third-order valence-corrected chi connectivity index (χ3v) is 8.86. The van der Waals surface area contributed by atoms with E-state index in [1.165, 1.54) is 6.92 Å². The molecule has 0 radical (unpaired) electrons. The molecule has 4 saturated carbocycles. The fraction of sp³-hybridized carbons (Fsp3) is 0.818. The van der Waals surface area contributed by atoms with Crippen LogP contribution in [0.15, 0.2) is 12.2 Å². The van der Waals surface area contributed by atoms with Gasteiger partial charge >= 0.3 is 5.97 Å². The number of esters is 1. The van der Waals surface area contributed by atoms with Gasteiger partial charge < -0.3 is 9.84 Å². The molecule has 2 bridgehead atoms. The summed E-state index contributed by atoms with van der Waals surface area (Å²) in [5.41, 5.74) is -0.0931. The van der Waals surface area contributed by atoms with Gasteiger partial charge in [-0.2, -0.15) is 0 Å². The zero-order valence-electron chi connectivity index (χ0n) is 16.5. The maximum atomic E-state index is 13.4. The Morgan fingerprint density at radius 1 is 1.19 bits per heavy atom. The average Bonchev–Trinajstić information content (AvgIpc) is 2.75. The molecule has 26 heavy (non-hydrogen) atoms. The van der Waals surface area contributed by atoms with Crippen LogP contribution in [-0.2, 0) is 14.3 Å². The predicted molar refractivity (Wildman–Crippen MR) is 98.2 cm³/mol. The Bertz CT molecular complexity index is 680. The zero-order chi connectivity index (χ0) is 19.1. The van der Waals surface area contributed by atoms with Gasteiger partial charge in [-0.05, 0) is 72.7 Å². The molecule has 0 amide bonds. The van der Waals surface area contributed by atoms with Crippen molar-refractivity contribution < 1.29 is 19.4 Å². The molecule has 4 aliphatic carbocycles. The molecule has 1 spiro atoms. The molecule has 0 aromatic heterocycles. The Hall–Kier alpha value is -1.16. The number of hydrogen-bond acceptors (Lipinski definition) is 4. The largest absolute Gasteiger partial charge is 0.461 e. The average molecular weight is 360 g/mol. The first-order valence-electron chi connectivity index (χ1n) is 10.1. The van der Waals surface area contributed by atoms with Crippen molar-refractivity contribution in [3.05, 3.63) is 12.2 Å². The van der Waals surface area contributed by atoms with Crippen molar-refractivity contribution in [1.29, 1.82) is 0 Å². The minimum atomic E-state index is -0.588. The van der Waals surface area contributed by atoms with Crippen LogP contribution in [0.3, 0.4) is 0 Å². The Morgan fingerprint density at radius 2 is 1.88 bits per heavy atom. The van der Waals surface area contributed by atoms with Crippen molar-refractivity contribution in [1.82, 2.24) is 0 Å². The van der Waals surface area contributed by atoms with Crippen molar-refractivity contribution >= 4 is 11.8 Å².